The van der Waals surface area contributed by atoms with E-state index in [2.05, 4.69) is 0 Å². The highest BCUT2D eigenvalue weighted by Crippen LogP contribution is 2.71. The largest absolute Gasteiger partial charge is 0.299 e. The smallest absolute Gasteiger partial charge is 0.140 e. The zero-order valence-corrected chi connectivity index (χ0v) is 15.3. The second kappa shape index (κ2) is 4.89. The zero-order chi connectivity index (χ0) is 15.9. The molecule has 0 heterocycles. The lowest BCUT2D eigenvalue weighted by Crippen LogP contribution is -2.44. The third-order valence-corrected chi connectivity index (χ3v) is 10.5. The summed E-state index contributed by atoms with van der Waals surface area (Å²) in [5, 5.41) is 0. The van der Waals surface area contributed by atoms with Gasteiger partial charge in [-0.1, -0.05) is 25.7 Å². The van der Waals surface area contributed by atoms with Gasteiger partial charge in [-0.2, -0.15) is 0 Å². The van der Waals surface area contributed by atoms with Gasteiger partial charge >= 0.3 is 0 Å². The third kappa shape index (κ3) is 1.62. The maximum absolute atomic E-state index is 13.9. The van der Waals surface area contributed by atoms with Gasteiger partial charge in [0.1, 0.15) is 5.78 Å². The van der Waals surface area contributed by atoms with Crippen LogP contribution in [0.3, 0.4) is 0 Å². The highest BCUT2D eigenvalue weighted by atomic mass is 16.1. The molecule has 24 heavy (non-hydrogen) atoms. The van der Waals surface area contributed by atoms with Crippen molar-refractivity contribution >= 4 is 5.78 Å². The Bertz CT molecular complexity index is 518. The molecule has 4 bridgehead atoms. The fraction of sp³-hybridized carbons (Fsp3) is 0.957. The molecule has 0 aromatic carbocycles. The highest BCUT2D eigenvalue weighted by Gasteiger charge is 2.66. The number of carbonyl (C=O) groups excluding carboxylic acids is 1. The van der Waals surface area contributed by atoms with Crippen LogP contribution in [0.4, 0.5) is 0 Å². The van der Waals surface area contributed by atoms with Crippen LogP contribution in [0, 0.1) is 46.3 Å². The van der Waals surface area contributed by atoms with Gasteiger partial charge in [0, 0.05) is 11.8 Å². The summed E-state index contributed by atoms with van der Waals surface area (Å²) in [5.41, 5.74) is 0.977. The predicted octanol–water partition coefficient (Wildman–Crippen LogP) is 5.77. The van der Waals surface area contributed by atoms with Crippen molar-refractivity contribution in [3.63, 3.8) is 0 Å². The average Bonchev–Trinajstić information content (AvgIpc) is 3.35. The molecule has 1 nitrogen and oxygen atoms in total. The molecule has 0 saturated heterocycles. The minimum Gasteiger partial charge on any atom is -0.299 e. The van der Waals surface area contributed by atoms with Crippen LogP contribution in [0.25, 0.3) is 0 Å². The Morgan fingerprint density at radius 2 is 1.12 bits per heavy atom. The van der Waals surface area contributed by atoms with Gasteiger partial charge in [-0.05, 0) is 98.7 Å². The van der Waals surface area contributed by atoms with Crippen LogP contribution in [-0.2, 0) is 4.79 Å². The Hall–Kier alpha value is -0.330. The van der Waals surface area contributed by atoms with E-state index < -0.39 is 0 Å². The molecule has 0 N–H and O–H groups in total. The number of hydrogen-bond acceptors (Lipinski definition) is 1. The van der Waals surface area contributed by atoms with Crippen LogP contribution >= 0.6 is 0 Å². The van der Waals surface area contributed by atoms with Crippen LogP contribution in [0.15, 0.2) is 0 Å². The van der Waals surface area contributed by atoms with Crippen molar-refractivity contribution in [3.05, 3.63) is 0 Å². The summed E-state index contributed by atoms with van der Waals surface area (Å²) in [4.78, 5) is 13.9. The van der Waals surface area contributed by atoms with E-state index >= 15 is 0 Å². The van der Waals surface area contributed by atoms with Gasteiger partial charge in [0.25, 0.3) is 0 Å². The SMILES string of the molecule is O=C([C@H]1C[C@@H]2CC[C@]13CCCC[C@@H]23)[C@@H]1C[C@@H]2CC[C@]13CCCC[C@H]23. The van der Waals surface area contributed by atoms with E-state index in [0.29, 0.717) is 22.7 Å². The predicted molar refractivity (Wildman–Crippen MR) is 95.5 cm³/mol. The molecule has 0 unspecified atom stereocenters. The van der Waals surface area contributed by atoms with Gasteiger partial charge in [-0.3, -0.25) is 4.79 Å². The summed E-state index contributed by atoms with van der Waals surface area (Å²) in [6.07, 6.45) is 19.7. The normalized spacial score (nSPS) is 57.8. The second-order valence-corrected chi connectivity index (χ2v) is 10.7. The fourth-order valence-electron chi connectivity index (χ4n) is 9.82. The second-order valence-electron chi connectivity index (χ2n) is 10.7. The Balaban J connectivity index is 1.33. The Kier molecular flexibility index (Phi) is 3.01. The molecule has 0 spiro atoms. The molecule has 0 aromatic rings. The molecule has 6 saturated carbocycles. The lowest BCUT2D eigenvalue weighted by molar-refractivity contribution is -0.137. The summed E-state index contributed by atoms with van der Waals surface area (Å²) >= 11 is 0. The van der Waals surface area contributed by atoms with E-state index in [1.165, 1.54) is 89.9 Å². The van der Waals surface area contributed by atoms with Crippen molar-refractivity contribution in [2.75, 3.05) is 0 Å². The van der Waals surface area contributed by atoms with Gasteiger partial charge in [-0.15, -0.1) is 0 Å². The molecule has 6 fully saturated rings. The first-order valence-corrected chi connectivity index (χ1v) is 11.3. The first-order chi connectivity index (χ1) is 11.7. The van der Waals surface area contributed by atoms with E-state index in [0.717, 1.165) is 29.5 Å². The average molecular weight is 327 g/mol. The standard InChI is InChI=1S/C23H34O/c24-21(19-13-15-7-11-22(19)9-3-1-5-17(15)22)20-14-16-8-12-23(20)10-4-2-6-18(16)23/h15-20H,1-14H2/t15-,16-,17-,18+,19+,20-,22-,23-/m0/s1. The van der Waals surface area contributed by atoms with E-state index in [1.807, 2.05) is 0 Å². The van der Waals surface area contributed by atoms with Gasteiger partial charge in [0.05, 0.1) is 0 Å². The molecule has 0 aliphatic heterocycles. The minimum atomic E-state index is 0.489. The maximum atomic E-state index is 13.9. The van der Waals surface area contributed by atoms with Crippen LogP contribution in [0.2, 0.25) is 0 Å². The highest BCUT2D eigenvalue weighted by molar-refractivity contribution is 5.86. The molecular weight excluding hydrogens is 292 g/mol. The molecule has 0 radical (unpaired) electrons. The van der Waals surface area contributed by atoms with Gasteiger partial charge < -0.3 is 0 Å². The first kappa shape index (κ1) is 14.8. The maximum Gasteiger partial charge on any atom is 0.140 e. The lowest BCUT2D eigenvalue weighted by atomic mass is 9.57. The van der Waals surface area contributed by atoms with Crippen molar-refractivity contribution < 1.29 is 4.79 Å². The van der Waals surface area contributed by atoms with Crippen molar-refractivity contribution in [1.82, 2.24) is 0 Å². The quantitative estimate of drug-likeness (QED) is 0.629. The number of carbonyl (C=O) groups is 1. The lowest BCUT2D eigenvalue weighted by Gasteiger charge is -2.46. The van der Waals surface area contributed by atoms with Crippen molar-refractivity contribution in [2.24, 2.45) is 46.3 Å². The summed E-state index contributed by atoms with van der Waals surface area (Å²) < 4.78 is 0. The summed E-state index contributed by atoms with van der Waals surface area (Å²) in [6, 6.07) is 0. The van der Waals surface area contributed by atoms with Gasteiger partial charge in [0.2, 0.25) is 0 Å². The topological polar surface area (TPSA) is 17.1 Å². The van der Waals surface area contributed by atoms with Crippen LogP contribution < -0.4 is 0 Å². The van der Waals surface area contributed by atoms with Crippen LogP contribution in [0.5, 0.6) is 0 Å². The molecule has 6 rings (SSSR count). The molecule has 0 aromatic heterocycles. The number of Topliss-reactive ketones (excluding diaryl/α,β-unsaturated/α-hetero) is 1. The summed E-state index contributed by atoms with van der Waals surface area (Å²) in [5.74, 6) is 5.52. The van der Waals surface area contributed by atoms with Crippen LogP contribution in [0.1, 0.15) is 89.9 Å². The first-order valence-electron chi connectivity index (χ1n) is 11.3. The Labute approximate surface area is 147 Å². The van der Waals surface area contributed by atoms with E-state index in [4.69, 9.17) is 0 Å². The van der Waals surface area contributed by atoms with Crippen LogP contribution in [-0.4, -0.2) is 5.78 Å². The minimum absolute atomic E-state index is 0.489. The molecule has 6 aliphatic carbocycles. The van der Waals surface area contributed by atoms with Gasteiger partial charge in [0.15, 0.2) is 0 Å². The Morgan fingerprint density at radius 1 is 0.625 bits per heavy atom. The van der Waals surface area contributed by atoms with E-state index in [-0.39, 0.29) is 0 Å². The van der Waals surface area contributed by atoms with Crippen molar-refractivity contribution in [1.29, 1.82) is 0 Å². The van der Waals surface area contributed by atoms with Gasteiger partial charge in [-0.25, -0.2) is 0 Å². The van der Waals surface area contributed by atoms with E-state index in [1.54, 1.807) is 0 Å². The van der Waals surface area contributed by atoms with E-state index in [9.17, 15) is 4.79 Å². The summed E-state index contributed by atoms with van der Waals surface area (Å²) in [6.45, 7) is 0. The molecule has 6 aliphatic rings. The summed E-state index contributed by atoms with van der Waals surface area (Å²) in [7, 11) is 0. The molecule has 1 heteroatoms. The molecule has 8 atom stereocenters. The molecule has 0 amide bonds. The number of rotatable bonds is 2. The monoisotopic (exact) mass is 326 g/mol. The number of hydrogen-bond donors (Lipinski definition) is 0. The number of ketones is 1. The fourth-order valence-corrected chi connectivity index (χ4v) is 9.82. The van der Waals surface area contributed by atoms with Crippen molar-refractivity contribution in [2.45, 2.75) is 89.9 Å². The van der Waals surface area contributed by atoms with Crippen molar-refractivity contribution in [3.8, 4) is 0 Å². The molecule has 132 valence electrons. The Morgan fingerprint density at radius 3 is 1.62 bits per heavy atom. The third-order valence-electron chi connectivity index (χ3n) is 10.5. The zero-order valence-electron chi connectivity index (χ0n) is 15.3. The molecular formula is C23H34O.